The molecule has 1 unspecified atom stereocenters. The van der Waals surface area contributed by atoms with Gasteiger partial charge in [-0.15, -0.1) is 0 Å². The van der Waals surface area contributed by atoms with Gasteiger partial charge in [0.1, 0.15) is 12.1 Å². The Kier molecular flexibility index (Phi) is 4.76. The number of ketones is 1. The Morgan fingerprint density at radius 1 is 1.70 bits per heavy atom. The van der Waals surface area contributed by atoms with Crippen molar-refractivity contribution in [3.05, 3.63) is 0 Å². The van der Waals surface area contributed by atoms with Crippen LogP contribution in [0.3, 0.4) is 0 Å². The number of aldehydes is 1. The van der Waals surface area contributed by atoms with Crippen LogP contribution in [0.25, 0.3) is 0 Å². The summed E-state index contributed by atoms with van der Waals surface area (Å²) in [5.41, 5.74) is 5.28. The molecule has 0 rings (SSSR count). The maximum Gasteiger partial charge on any atom is 0.136 e. The summed E-state index contributed by atoms with van der Waals surface area (Å²) in [6.45, 7) is 1.53. The molecular weight excluding hydrogens is 130 g/mol. The van der Waals surface area contributed by atoms with E-state index in [9.17, 15) is 9.59 Å². The van der Waals surface area contributed by atoms with Gasteiger partial charge in [-0.2, -0.15) is 0 Å². The second kappa shape index (κ2) is 5.11. The van der Waals surface area contributed by atoms with E-state index in [4.69, 9.17) is 5.73 Å². The van der Waals surface area contributed by atoms with Crippen LogP contribution in [0.5, 0.6) is 0 Å². The summed E-state index contributed by atoms with van der Waals surface area (Å²) in [4.78, 5) is 20.4. The molecule has 0 aliphatic carbocycles. The Hall–Kier alpha value is -0.700. The summed E-state index contributed by atoms with van der Waals surface area (Å²) >= 11 is 0. The van der Waals surface area contributed by atoms with Gasteiger partial charge in [-0.25, -0.2) is 0 Å². The van der Waals surface area contributed by atoms with E-state index in [2.05, 4.69) is 0 Å². The number of rotatable bonds is 5. The lowest BCUT2D eigenvalue weighted by molar-refractivity contribution is -0.117. The van der Waals surface area contributed by atoms with E-state index in [1.165, 1.54) is 6.92 Å². The molecule has 0 heterocycles. The SMILES string of the molecule is CC(=O)CCCC(N)C=O. The lowest BCUT2D eigenvalue weighted by Gasteiger charge is -1.99. The highest BCUT2D eigenvalue weighted by Crippen LogP contribution is 1.97. The van der Waals surface area contributed by atoms with Gasteiger partial charge in [-0.3, -0.25) is 0 Å². The third-order valence-corrected chi connectivity index (χ3v) is 1.24. The van der Waals surface area contributed by atoms with Crippen molar-refractivity contribution in [2.75, 3.05) is 0 Å². The van der Waals surface area contributed by atoms with Crippen molar-refractivity contribution >= 4 is 12.1 Å². The van der Waals surface area contributed by atoms with Gasteiger partial charge in [-0.1, -0.05) is 0 Å². The zero-order valence-electron chi connectivity index (χ0n) is 6.17. The Labute approximate surface area is 60.6 Å². The lowest BCUT2D eigenvalue weighted by Crippen LogP contribution is -2.21. The first-order chi connectivity index (χ1) is 4.66. The number of carbonyl (C=O) groups is 2. The van der Waals surface area contributed by atoms with Crippen molar-refractivity contribution < 1.29 is 9.59 Å². The molecule has 0 spiro atoms. The van der Waals surface area contributed by atoms with Crippen molar-refractivity contribution in [1.82, 2.24) is 0 Å². The smallest absolute Gasteiger partial charge is 0.136 e. The largest absolute Gasteiger partial charge is 0.322 e. The predicted molar refractivity (Wildman–Crippen MR) is 38.6 cm³/mol. The van der Waals surface area contributed by atoms with Gasteiger partial charge in [0.2, 0.25) is 0 Å². The zero-order valence-corrected chi connectivity index (χ0v) is 6.17. The molecule has 0 radical (unpaired) electrons. The van der Waals surface area contributed by atoms with Gasteiger partial charge in [0.05, 0.1) is 6.04 Å². The number of nitrogens with two attached hydrogens (primary N) is 1. The number of carbonyl (C=O) groups excluding carboxylic acids is 2. The minimum Gasteiger partial charge on any atom is -0.322 e. The van der Waals surface area contributed by atoms with Crippen LogP contribution in [0.15, 0.2) is 0 Å². The second-order valence-electron chi connectivity index (χ2n) is 2.39. The molecule has 1 atom stereocenters. The van der Waals surface area contributed by atoms with Gasteiger partial charge >= 0.3 is 0 Å². The molecule has 3 heteroatoms. The molecule has 0 saturated carbocycles. The van der Waals surface area contributed by atoms with Crippen LogP contribution < -0.4 is 5.73 Å². The van der Waals surface area contributed by atoms with Crippen LogP contribution in [0.2, 0.25) is 0 Å². The summed E-state index contributed by atoms with van der Waals surface area (Å²) in [5.74, 6) is 0.151. The molecule has 0 aliphatic heterocycles. The molecule has 3 nitrogen and oxygen atoms in total. The normalized spacial score (nSPS) is 12.6. The Bertz CT molecular complexity index is 123. The van der Waals surface area contributed by atoms with Gasteiger partial charge in [0.25, 0.3) is 0 Å². The van der Waals surface area contributed by atoms with Crippen molar-refractivity contribution in [3.63, 3.8) is 0 Å². The second-order valence-corrected chi connectivity index (χ2v) is 2.39. The van der Waals surface area contributed by atoms with E-state index < -0.39 is 0 Å². The first-order valence-corrected chi connectivity index (χ1v) is 3.37. The molecule has 0 bridgehead atoms. The Balaban J connectivity index is 3.19. The summed E-state index contributed by atoms with van der Waals surface area (Å²) < 4.78 is 0. The van der Waals surface area contributed by atoms with E-state index in [0.717, 1.165) is 6.42 Å². The molecule has 0 aromatic carbocycles. The Morgan fingerprint density at radius 3 is 2.70 bits per heavy atom. The molecule has 0 aliphatic rings. The molecular formula is C7H13NO2. The summed E-state index contributed by atoms with van der Waals surface area (Å²) in [6.07, 6.45) is 2.57. The van der Waals surface area contributed by atoms with Crippen molar-refractivity contribution in [2.45, 2.75) is 32.2 Å². The van der Waals surface area contributed by atoms with Crippen LogP contribution in [-0.2, 0) is 9.59 Å². The van der Waals surface area contributed by atoms with Crippen LogP contribution in [0, 0.1) is 0 Å². The quantitative estimate of drug-likeness (QED) is 0.562. The third-order valence-electron chi connectivity index (χ3n) is 1.24. The third kappa shape index (κ3) is 5.44. The van der Waals surface area contributed by atoms with E-state index in [0.29, 0.717) is 19.1 Å². The molecule has 0 aromatic heterocycles. The van der Waals surface area contributed by atoms with Gasteiger partial charge in [0.15, 0.2) is 0 Å². The fourth-order valence-corrected chi connectivity index (χ4v) is 0.655. The fraction of sp³-hybridized carbons (Fsp3) is 0.714. The minimum absolute atomic E-state index is 0.151. The van der Waals surface area contributed by atoms with Crippen LogP contribution in [-0.4, -0.2) is 18.1 Å². The molecule has 0 fully saturated rings. The molecule has 0 amide bonds. The minimum atomic E-state index is -0.389. The fourth-order valence-electron chi connectivity index (χ4n) is 0.655. The zero-order chi connectivity index (χ0) is 7.98. The van der Waals surface area contributed by atoms with Gasteiger partial charge < -0.3 is 15.3 Å². The highest BCUT2D eigenvalue weighted by molar-refractivity contribution is 5.75. The predicted octanol–water partition coefficient (Wildman–Crippen LogP) is 0.272. The highest BCUT2D eigenvalue weighted by atomic mass is 16.1. The number of hydrogen-bond acceptors (Lipinski definition) is 3. The van der Waals surface area contributed by atoms with Gasteiger partial charge in [-0.05, 0) is 19.8 Å². The average Bonchev–Trinajstić information content (AvgIpc) is 1.87. The molecule has 2 N–H and O–H groups in total. The average molecular weight is 143 g/mol. The van der Waals surface area contributed by atoms with Crippen molar-refractivity contribution in [1.29, 1.82) is 0 Å². The number of hydrogen-bond donors (Lipinski definition) is 1. The van der Waals surface area contributed by atoms with E-state index in [1.54, 1.807) is 0 Å². The summed E-state index contributed by atoms with van der Waals surface area (Å²) in [5, 5.41) is 0. The molecule has 10 heavy (non-hydrogen) atoms. The molecule has 0 saturated heterocycles. The van der Waals surface area contributed by atoms with Crippen molar-refractivity contribution in [3.8, 4) is 0 Å². The topological polar surface area (TPSA) is 60.2 Å². The highest BCUT2D eigenvalue weighted by Gasteiger charge is 1.99. The summed E-state index contributed by atoms with van der Waals surface area (Å²) in [6, 6.07) is -0.389. The standard InChI is InChI=1S/C7H13NO2/c1-6(10)3-2-4-7(8)5-9/h5,7H,2-4,8H2,1H3. The van der Waals surface area contributed by atoms with Crippen LogP contribution in [0.1, 0.15) is 26.2 Å². The van der Waals surface area contributed by atoms with E-state index >= 15 is 0 Å². The van der Waals surface area contributed by atoms with E-state index in [-0.39, 0.29) is 11.8 Å². The summed E-state index contributed by atoms with van der Waals surface area (Å²) in [7, 11) is 0. The van der Waals surface area contributed by atoms with E-state index in [1.807, 2.05) is 0 Å². The van der Waals surface area contributed by atoms with Gasteiger partial charge in [0, 0.05) is 6.42 Å². The van der Waals surface area contributed by atoms with Crippen molar-refractivity contribution in [2.24, 2.45) is 5.73 Å². The number of Topliss-reactive ketones (excluding diaryl/α,β-unsaturated/α-hetero) is 1. The lowest BCUT2D eigenvalue weighted by atomic mass is 10.1. The maximum atomic E-state index is 10.4. The molecule has 0 aromatic rings. The molecule has 58 valence electrons. The Morgan fingerprint density at radius 2 is 2.30 bits per heavy atom. The monoisotopic (exact) mass is 143 g/mol. The first kappa shape index (κ1) is 9.30. The maximum absolute atomic E-state index is 10.4. The van der Waals surface area contributed by atoms with Crippen LogP contribution >= 0.6 is 0 Å². The first-order valence-electron chi connectivity index (χ1n) is 3.37. The van der Waals surface area contributed by atoms with Crippen LogP contribution in [0.4, 0.5) is 0 Å².